The van der Waals surface area contributed by atoms with Gasteiger partial charge in [0.1, 0.15) is 11.6 Å². The molecule has 23 heavy (non-hydrogen) atoms. The average Bonchev–Trinajstić information content (AvgIpc) is 2.81. The number of benzene rings is 1. The number of hydrogen-bond acceptors (Lipinski definition) is 2. The van der Waals surface area contributed by atoms with E-state index < -0.39 is 0 Å². The lowest BCUT2D eigenvalue weighted by Crippen LogP contribution is -2.19. The molecule has 126 valence electrons. The summed E-state index contributed by atoms with van der Waals surface area (Å²) >= 11 is 0. The second-order valence-electron chi connectivity index (χ2n) is 8.35. The summed E-state index contributed by atoms with van der Waals surface area (Å²) in [6.07, 6.45) is 4.61. The second kappa shape index (κ2) is 6.03. The first-order chi connectivity index (χ1) is 10.5. The fraction of sp³-hybridized carbons (Fsp3) is 0.550. The molecule has 3 nitrogen and oxygen atoms in total. The van der Waals surface area contributed by atoms with E-state index in [9.17, 15) is 0 Å². The minimum atomic E-state index is 0.0307. The largest absolute Gasteiger partial charge is 0.496 e. The minimum absolute atomic E-state index is 0.0307. The van der Waals surface area contributed by atoms with Crippen LogP contribution in [0, 0.1) is 0 Å². The van der Waals surface area contributed by atoms with Gasteiger partial charge in [0.2, 0.25) is 0 Å². The molecule has 0 spiro atoms. The Labute approximate surface area is 140 Å². The Balaban J connectivity index is 2.65. The van der Waals surface area contributed by atoms with Crippen molar-refractivity contribution in [1.29, 1.82) is 0 Å². The topological polar surface area (TPSA) is 27.1 Å². The van der Waals surface area contributed by atoms with Crippen molar-refractivity contribution in [3.05, 3.63) is 47.0 Å². The number of ether oxygens (including phenoxy) is 1. The van der Waals surface area contributed by atoms with E-state index in [-0.39, 0.29) is 10.8 Å². The lowest BCUT2D eigenvalue weighted by Gasteiger charge is -2.29. The summed E-state index contributed by atoms with van der Waals surface area (Å²) in [7, 11) is 3.80. The Hall–Kier alpha value is -1.77. The summed E-state index contributed by atoms with van der Waals surface area (Å²) in [5, 5.41) is 0. The first kappa shape index (κ1) is 17.6. The van der Waals surface area contributed by atoms with Crippen LogP contribution in [0.2, 0.25) is 0 Å². The van der Waals surface area contributed by atoms with Crippen LogP contribution in [0.15, 0.2) is 24.5 Å². The molecule has 0 unspecified atom stereocenters. The van der Waals surface area contributed by atoms with Crippen molar-refractivity contribution >= 4 is 0 Å². The van der Waals surface area contributed by atoms with E-state index in [1.807, 2.05) is 19.4 Å². The van der Waals surface area contributed by atoms with Gasteiger partial charge in [0, 0.05) is 37.0 Å². The third-order valence-electron chi connectivity index (χ3n) is 4.31. The lowest BCUT2D eigenvalue weighted by molar-refractivity contribution is 0.392. The minimum Gasteiger partial charge on any atom is -0.496 e. The number of hydrogen-bond donors (Lipinski definition) is 0. The standard InChI is InChI=1S/C20H30N2O/c1-19(2,3)15-11-14(12-17-21-9-10-22(17)7)18(23-8)16(13-15)20(4,5)6/h9-11,13H,12H2,1-8H3. The Morgan fingerprint density at radius 1 is 1.04 bits per heavy atom. The maximum Gasteiger partial charge on any atom is 0.126 e. The zero-order chi connectivity index (χ0) is 17.4. The van der Waals surface area contributed by atoms with E-state index in [2.05, 4.69) is 63.2 Å². The average molecular weight is 314 g/mol. The van der Waals surface area contributed by atoms with Crippen molar-refractivity contribution in [2.45, 2.75) is 58.8 Å². The zero-order valence-electron chi connectivity index (χ0n) is 15.8. The van der Waals surface area contributed by atoms with Gasteiger partial charge in [0.15, 0.2) is 0 Å². The number of methoxy groups -OCH3 is 1. The highest BCUT2D eigenvalue weighted by atomic mass is 16.5. The van der Waals surface area contributed by atoms with Gasteiger partial charge in [0.05, 0.1) is 7.11 Å². The van der Waals surface area contributed by atoms with E-state index in [0.717, 1.165) is 18.0 Å². The SMILES string of the molecule is COc1c(Cc2nccn2C)cc(C(C)(C)C)cc1C(C)(C)C. The quantitative estimate of drug-likeness (QED) is 0.827. The van der Waals surface area contributed by atoms with Crippen molar-refractivity contribution in [1.82, 2.24) is 9.55 Å². The number of aryl methyl sites for hydroxylation is 1. The van der Waals surface area contributed by atoms with Gasteiger partial charge in [-0.1, -0.05) is 53.7 Å². The number of nitrogens with zero attached hydrogens (tertiary/aromatic N) is 2. The van der Waals surface area contributed by atoms with E-state index in [0.29, 0.717) is 0 Å². The molecule has 0 saturated heterocycles. The van der Waals surface area contributed by atoms with Crippen molar-refractivity contribution in [2.24, 2.45) is 7.05 Å². The lowest BCUT2D eigenvalue weighted by atomic mass is 9.78. The van der Waals surface area contributed by atoms with Gasteiger partial charge in [-0.15, -0.1) is 0 Å². The van der Waals surface area contributed by atoms with Crippen LogP contribution in [0.5, 0.6) is 5.75 Å². The molecule has 0 fully saturated rings. The van der Waals surface area contributed by atoms with Gasteiger partial charge in [-0.25, -0.2) is 4.98 Å². The van der Waals surface area contributed by atoms with Gasteiger partial charge in [-0.3, -0.25) is 0 Å². The predicted octanol–water partition coefficient (Wildman–Crippen LogP) is 4.61. The van der Waals surface area contributed by atoms with Crippen molar-refractivity contribution < 1.29 is 4.74 Å². The maximum atomic E-state index is 5.82. The first-order valence-corrected chi connectivity index (χ1v) is 8.22. The molecular weight excluding hydrogens is 284 g/mol. The normalized spacial score (nSPS) is 12.5. The number of aromatic nitrogens is 2. The van der Waals surface area contributed by atoms with Crippen LogP contribution >= 0.6 is 0 Å². The van der Waals surface area contributed by atoms with Crippen LogP contribution in [-0.2, 0) is 24.3 Å². The zero-order valence-corrected chi connectivity index (χ0v) is 15.8. The molecule has 0 aliphatic rings. The van der Waals surface area contributed by atoms with Crippen LogP contribution < -0.4 is 4.74 Å². The highest BCUT2D eigenvalue weighted by molar-refractivity contribution is 5.50. The van der Waals surface area contributed by atoms with Gasteiger partial charge >= 0.3 is 0 Å². The fourth-order valence-electron chi connectivity index (χ4n) is 2.79. The summed E-state index contributed by atoms with van der Waals surface area (Å²) in [6.45, 7) is 13.5. The molecule has 2 aromatic rings. The van der Waals surface area contributed by atoms with Crippen LogP contribution in [0.3, 0.4) is 0 Å². The summed E-state index contributed by atoms with van der Waals surface area (Å²) in [5.74, 6) is 2.04. The molecule has 0 N–H and O–H groups in total. The molecule has 0 bridgehead atoms. The summed E-state index contributed by atoms with van der Waals surface area (Å²) in [6, 6.07) is 4.59. The molecule has 2 rings (SSSR count). The third kappa shape index (κ3) is 3.77. The Kier molecular flexibility index (Phi) is 4.61. The molecular formula is C20H30N2O. The molecule has 0 amide bonds. The van der Waals surface area contributed by atoms with Crippen molar-refractivity contribution in [3.63, 3.8) is 0 Å². The molecule has 0 radical (unpaired) electrons. The Morgan fingerprint density at radius 2 is 1.70 bits per heavy atom. The summed E-state index contributed by atoms with van der Waals surface area (Å²) < 4.78 is 7.89. The number of rotatable bonds is 3. The molecule has 3 heteroatoms. The van der Waals surface area contributed by atoms with Crippen LogP contribution in [0.4, 0.5) is 0 Å². The highest BCUT2D eigenvalue weighted by Gasteiger charge is 2.26. The van der Waals surface area contributed by atoms with Crippen LogP contribution in [0.25, 0.3) is 0 Å². The van der Waals surface area contributed by atoms with Crippen molar-refractivity contribution in [3.8, 4) is 5.75 Å². The fourth-order valence-corrected chi connectivity index (χ4v) is 2.79. The van der Waals surface area contributed by atoms with E-state index >= 15 is 0 Å². The highest BCUT2D eigenvalue weighted by Crippen LogP contribution is 2.38. The van der Waals surface area contributed by atoms with Gasteiger partial charge in [0.25, 0.3) is 0 Å². The molecule has 0 atom stereocenters. The Bertz CT molecular complexity index is 685. The monoisotopic (exact) mass is 314 g/mol. The molecule has 1 aromatic carbocycles. The molecule has 1 aromatic heterocycles. The maximum absolute atomic E-state index is 5.82. The molecule has 0 saturated carbocycles. The third-order valence-corrected chi connectivity index (χ3v) is 4.31. The Morgan fingerprint density at radius 3 is 2.13 bits per heavy atom. The van der Waals surface area contributed by atoms with Gasteiger partial charge in [-0.05, 0) is 16.4 Å². The second-order valence-corrected chi connectivity index (χ2v) is 8.35. The van der Waals surface area contributed by atoms with Crippen LogP contribution in [0.1, 0.15) is 64.1 Å². The number of imidazole rings is 1. The summed E-state index contributed by atoms with van der Waals surface area (Å²) in [5.41, 5.74) is 3.94. The van der Waals surface area contributed by atoms with Crippen molar-refractivity contribution in [2.75, 3.05) is 7.11 Å². The smallest absolute Gasteiger partial charge is 0.126 e. The predicted molar refractivity (Wildman–Crippen MR) is 96.4 cm³/mol. The van der Waals surface area contributed by atoms with E-state index in [4.69, 9.17) is 4.74 Å². The summed E-state index contributed by atoms with van der Waals surface area (Å²) in [4.78, 5) is 4.48. The van der Waals surface area contributed by atoms with Gasteiger partial charge in [-0.2, -0.15) is 0 Å². The molecule has 1 heterocycles. The first-order valence-electron chi connectivity index (χ1n) is 8.22. The molecule has 0 aliphatic heterocycles. The van der Waals surface area contributed by atoms with Gasteiger partial charge < -0.3 is 9.30 Å². The molecule has 0 aliphatic carbocycles. The van der Waals surface area contributed by atoms with Crippen LogP contribution in [-0.4, -0.2) is 16.7 Å². The van der Waals surface area contributed by atoms with E-state index in [1.165, 1.54) is 16.7 Å². The van der Waals surface area contributed by atoms with E-state index in [1.54, 1.807) is 7.11 Å².